The van der Waals surface area contributed by atoms with E-state index in [4.69, 9.17) is 9.72 Å². The minimum absolute atomic E-state index is 0.157. The number of pyridine rings is 1. The second kappa shape index (κ2) is 8.50. The van der Waals surface area contributed by atoms with E-state index < -0.39 is 24.6 Å². The number of rotatable bonds is 4. The number of fused-ring (bicyclic) bond motifs is 1. The van der Waals surface area contributed by atoms with Crippen molar-refractivity contribution < 1.29 is 31.4 Å². The molecule has 5 nitrogen and oxygen atoms in total. The third-order valence-corrected chi connectivity index (χ3v) is 5.09. The normalized spacial score (nSPS) is 16.5. The smallest absolute Gasteiger partial charge is 0.403 e. The van der Waals surface area contributed by atoms with Crippen LogP contribution in [0.25, 0.3) is 22.6 Å². The lowest BCUT2D eigenvalue weighted by atomic mass is 10.1. The Morgan fingerprint density at radius 2 is 1.94 bits per heavy atom. The van der Waals surface area contributed by atoms with Crippen LogP contribution in [0.5, 0.6) is 5.75 Å². The van der Waals surface area contributed by atoms with Crippen molar-refractivity contribution >= 4 is 0 Å². The number of ether oxygens (including phenoxy) is 2. The Kier molecular flexibility index (Phi) is 5.89. The molecule has 170 valence electrons. The van der Waals surface area contributed by atoms with E-state index in [9.17, 15) is 22.0 Å². The zero-order chi connectivity index (χ0) is 23.0. The largest absolute Gasteiger partial charge is 0.573 e. The average molecular weight is 453 g/mol. The number of hydrogen-bond acceptors (Lipinski definition) is 4. The Bertz CT molecular complexity index is 1140. The van der Waals surface area contributed by atoms with Crippen molar-refractivity contribution in [2.45, 2.75) is 46.0 Å². The monoisotopic (exact) mass is 453 g/mol. The second-order valence-electron chi connectivity index (χ2n) is 7.59. The minimum Gasteiger partial charge on any atom is -0.403 e. The molecule has 0 fully saturated rings. The van der Waals surface area contributed by atoms with E-state index in [-0.39, 0.29) is 17.4 Å². The van der Waals surface area contributed by atoms with Crippen LogP contribution in [0, 0.1) is 12.7 Å². The van der Waals surface area contributed by atoms with Crippen LogP contribution in [0.2, 0.25) is 0 Å². The maximum atomic E-state index is 14.4. The van der Waals surface area contributed by atoms with Gasteiger partial charge < -0.3 is 14.0 Å². The molecule has 0 saturated heterocycles. The van der Waals surface area contributed by atoms with E-state index in [1.54, 1.807) is 19.1 Å². The molecule has 4 rings (SSSR count). The summed E-state index contributed by atoms with van der Waals surface area (Å²) in [5.41, 5.74) is 3.23. The standard InChI is InChI=1S/C22H20F5N3O2/c1-12-7-15(8-16(10-23)28-12)20-18-5-6-31-13(2)11-30(18)21(29-20)14-3-4-19(17(24)9-14)32-22(25,26)27/h3-4,7-9,13H,5-6,10-11H2,1-2H3/t13-/m1/s1. The molecule has 0 amide bonds. The van der Waals surface area contributed by atoms with Crippen molar-refractivity contribution in [1.29, 1.82) is 0 Å². The summed E-state index contributed by atoms with van der Waals surface area (Å²) in [4.78, 5) is 8.84. The molecule has 1 aliphatic rings. The van der Waals surface area contributed by atoms with Crippen LogP contribution < -0.4 is 4.74 Å². The van der Waals surface area contributed by atoms with Crippen LogP contribution in [0.1, 0.15) is 24.0 Å². The molecule has 1 aromatic carbocycles. The van der Waals surface area contributed by atoms with Gasteiger partial charge in [-0.25, -0.2) is 13.8 Å². The summed E-state index contributed by atoms with van der Waals surface area (Å²) < 4.78 is 76.5. The third-order valence-electron chi connectivity index (χ3n) is 5.09. The maximum absolute atomic E-state index is 14.4. The molecule has 0 N–H and O–H groups in total. The van der Waals surface area contributed by atoms with Crippen LogP contribution >= 0.6 is 0 Å². The van der Waals surface area contributed by atoms with Crippen LogP contribution in [0.15, 0.2) is 30.3 Å². The molecule has 0 unspecified atom stereocenters. The first kappa shape index (κ1) is 22.2. The van der Waals surface area contributed by atoms with Gasteiger partial charge in [0.25, 0.3) is 0 Å². The minimum atomic E-state index is -5.00. The average Bonchev–Trinajstić information content (AvgIpc) is 2.94. The summed E-state index contributed by atoms with van der Waals surface area (Å²) >= 11 is 0. The van der Waals surface area contributed by atoms with Crippen molar-refractivity contribution in [2.24, 2.45) is 0 Å². The van der Waals surface area contributed by atoms with Crippen molar-refractivity contribution in [1.82, 2.24) is 14.5 Å². The molecule has 0 spiro atoms. The number of alkyl halides is 4. The number of nitrogens with zero attached hydrogens (tertiary/aromatic N) is 3. The summed E-state index contributed by atoms with van der Waals surface area (Å²) in [7, 11) is 0. The highest BCUT2D eigenvalue weighted by Gasteiger charge is 2.32. The molecular weight excluding hydrogens is 433 g/mol. The molecule has 0 bridgehead atoms. The van der Waals surface area contributed by atoms with Gasteiger partial charge in [-0.15, -0.1) is 13.2 Å². The fourth-order valence-corrected chi connectivity index (χ4v) is 3.84. The topological polar surface area (TPSA) is 49.2 Å². The highest BCUT2D eigenvalue weighted by atomic mass is 19.4. The molecule has 1 atom stereocenters. The number of aromatic nitrogens is 3. The lowest BCUT2D eigenvalue weighted by molar-refractivity contribution is -0.275. The number of aryl methyl sites for hydroxylation is 1. The number of benzene rings is 1. The summed E-state index contributed by atoms with van der Waals surface area (Å²) in [5, 5.41) is 0. The van der Waals surface area contributed by atoms with E-state index in [0.717, 1.165) is 17.8 Å². The maximum Gasteiger partial charge on any atom is 0.573 e. The van der Waals surface area contributed by atoms with Crippen LogP contribution in [0.3, 0.4) is 0 Å². The zero-order valence-electron chi connectivity index (χ0n) is 17.3. The van der Waals surface area contributed by atoms with Gasteiger partial charge in [-0.1, -0.05) is 0 Å². The SMILES string of the molecule is Cc1cc(-c2nc(-c3ccc(OC(F)(F)F)c(F)c3)n3c2CCO[C@H](C)C3)cc(CF)n1. The van der Waals surface area contributed by atoms with Gasteiger partial charge in [-0.2, -0.15) is 0 Å². The quantitative estimate of drug-likeness (QED) is 0.497. The summed E-state index contributed by atoms with van der Waals surface area (Å²) in [5.74, 6) is -1.70. The summed E-state index contributed by atoms with van der Waals surface area (Å²) in [6.45, 7) is 3.76. The van der Waals surface area contributed by atoms with Gasteiger partial charge in [0.15, 0.2) is 11.6 Å². The third kappa shape index (κ3) is 4.59. The molecule has 10 heteroatoms. The van der Waals surface area contributed by atoms with Gasteiger partial charge >= 0.3 is 6.36 Å². The van der Waals surface area contributed by atoms with Crippen molar-refractivity contribution in [3.8, 4) is 28.4 Å². The lowest BCUT2D eigenvalue weighted by Crippen LogP contribution is -2.18. The highest BCUT2D eigenvalue weighted by Crippen LogP contribution is 2.34. The molecule has 2 aromatic heterocycles. The highest BCUT2D eigenvalue weighted by molar-refractivity contribution is 5.69. The molecule has 0 radical (unpaired) electrons. The molecule has 3 heterocycles. The van der Waals surface area contributed by atoms with Gasteiger partial charge in [-0.05, 0) is 44.2 Å². The molecule has 0 saturated carbocycles. The van der Waals surface area contributed by atoms with Gasteiger partial charge in [0.05, 0.1) is 30.6 Å². The Labute approximate surface area is 180 Å². The van der Waals surface area contributed by atoms with Crippen LogP contribution in [-0.4, -0.2) is 33.6 Å². The van der Waals surface area contributed by atoms with E-state index in [2.05, 4.69) is 9.72 Å². The Balaban J connectivity index is 1.85. The van der Waals surface area contributed by atoms with Crippen molar-refractivity contribution in [3.63, 3.8) is 0 Å². The number of imidazole rings is 1. The van der Waals surface area contributed by atoms with E-state index in [0.29, 0.717) is 42.3 Å². The molecular formula is C22H20F5N3O2. The van der Waals surface area contributed by atoms with Gasteiger partial charge in [0, 0.05) is 28.9 Å². The van der Waals surface area contributed by atoms with Crippen molar-refractivity contribution in [2.75, 3.05) is 6.61 Å². The predicted octanol–water partition coefficient (Wildman–Crippen LogP) is 5.39. The van der Waals surface area contributed by atoms with Crippen LogP contribution in [0.4, 0.5) is 22.0 Å². The molecule has 1 aliphatic heterocycles. The molecule has 0 aliphatic carbocycles. The van der Waals surface area contributed by atoms with Gasteiger partial charge in [0.1, 0.15) is 12.5 Å². The molecule has 3 aromatic rings. The summed E-state index contributed by atoms with van der Waals surface area (Å²) in [6, 6.07) is 6.60. The van der Waals surface area contributed by atoms with E-state index in [1.165, 1.54) is 6.07 Å². The van der Waals surface area contributed by atoms with Crippen molar-refractivity contribution in [3.05, 3.63) is 53.2 Å². The van der Waals surface area contributed by atoms with E-state index >= 15 is 0 Å². The lowest BCUT2D eigenvalue weighted by Gasteiger charge is -2.14. The Hall–Kier alpha value is -3.01. The fraction of sp³-hybridized carbons (Fsp3) is 0.364. The molecule has 32 heavy (non-hydrogen) atoms. The summed E-state index contributed by atoms with van der Waals surface area (Å²) in [6.07, 6.45) is -4.65. The van der Waals surface area contributed by atoms with E-state index in [1.807, 2.05) is 11.5 Å². The first-order valence-electron chi connectivity index (χ1n) is 9.95. The van der Waals surface area contributed by atoms with Gasteiger partial charge in [-0.3, -0.25) is 4.98 Å². The van der Waals surface area contributed by atoms with Gasteiger partial charge in [0.2, 0.25) is 0 Å². The fourth-order valence-electron chi connectivity index (χ4n) is 3.84. The first-order valence-corrected chi connectivity index (χ1v) is 9.95. The number of halogens is 5. The first-order chi connectivity index (χ1) is 15.1. The van der Waals surface area contributed by atoms with Crippen LogP contribution in [-0.2, 0) is 24.4 Å². The Morgan fingerprint density at radius 3 is 2.62 bits per heavy atom. The Morgan fingerprint density at radius 1 is 1.16 bits per heavy atom. The number of hydrogen-bond donors (Lipinski definition) is 0. The predicted molar refractivity (Wildman–Crippen MR) is 106 cm³/mol. The second-order valence-corrected chi connectivity index (χ2v) is 7.59. The zero-order valence-corrected chi connectivity index (χ0v) is 17.3.